The Morgan fingerprint density at radius 2 is 1.91 bits per heavy atom. The van der Waals surface area contributed by atoms with Gasteiger partial charge in [0, 0.05) is 7.11 Å². The number of carboxylic acid groups (broad SMARTS) is 1. The third-order valence-corrected chi connectivity index (χ3v) is 2.98. The predicted molar refractivity (Wildman–Crippen MR) is 76.4 cm³/mol. The maximum Gasteiger partial charge on any atom is 0.341 e. The Morgan fingerprint density at radius 3 is 2.50 bits per heavy atom. The van der Waals surface area contributed by atoms with Gasteiger partial charge in [-0.15, -0.1) is 4.73 Å². The Morgan fingerprint density at radius 1 is 1.23 bits per heavy atom. The molecule has 0 bridgehead atoms. The van der Waals surface area contributed by atoms with Crippen LogP contribution >= 0.6 is 0 Å². The zero-order valence-corrected chi connectivity index (χ0v) is 11.8. The Kier molecular flexibility index (Phi) is 4.92. The Hall–Kier alpha value is -2.64. The van der Waals surface area contributed by atoms with Gasteiger partial charge in [0.25, 0.3) is 5.56 Å². The largest absolute Gasteiger partial charge is 0.477 e. The number of ether oxygens (including phenoxy) is 1. The van der Waals surface area contributed by atoms with Crippen LogP contribution in [0.25, 0.3) is 0 Å². The summed E-state index contributed by atoms with van der Waals surface area (Å²) in [7, 11) is 1.25. The first kappa shape index (κ1) is 15.7. The van der Waals surface area contributed by atoms with Gasteiger partial charge in [-0.05, 0) is 17.7 Å². The highest BCUT2D eigenvalue weighted by Crippen LogP contribution is 2.12. The van der Waals surface area contributed by atoms with Gasteiger partial charge in [-0.1, -0.05) is 30.3 Å². The smallest absolute Gasteiger partial charge is 0.341 e. The number of aromatic carboxylic acids is 1. The van der Waals surface area contributed by atoms with Crippen LogP contribution in [-0.4, -0.2) is 28.0 Å². The molecule has 1 heterocycles. The fourth-order valence-electron chi connectivity index (χ4n) is 1.85. The van der Waals surface area contributed by atoms with Crippen LogP contribution in [0.3, 0.4) is 0 Å². The molecule has 2 rings (SSSR count). The van der Waals surface area contributed by atoms with Gasteiger partial charge in [0.1, 0.15) is 17.9 Å². The Bertz CT molecular complexity index is 710. The van der Waals surface area contributed by atoms with Crippen molar-refractivity contribution in [2.75, 3.05) is 7.11 Å². The summed E-state index contributed by atoms with van der Waals surface area (Å²) in [5, 5.41) is 18.8. The minimum atomic E-state index is -1.41. The SMILES string of the molecule is COC(O)c1ccc(C(=O)O)c(=O)n1OCc1ccccc1. The molecule has 7 heteroatoms. The lowest BCUT2D eigenvalue weighted by molar-refractivity contribution is -0.0938. The van der Waals surface area contributed by atoms with Crippen molar-refractivity contribution in [1.82, 2.24) is 4.73 Å². The molecule has 0 radical (unpaired) electrons. The van der Waals surface area contributed by atoms with Gasteiger partial charge >= 0.3 is 5.97 Å². The van der Waals surface area contributed by atoms with Gasteiger partial charge in [-0.25, -0.2) is 4.79 Å². The molecular weight excluding hydrogens is 290 g/mol. The number of aliphatic hydroxyl groups is 1. The molecule has 0 spiro atoms. The minimum Gasteiger partial charge on any atom is -0.477 e. The van der Waals surface area contributed by atoms with E-state index in [-0.39, 0.29) is 12.3 Å². The van der Waals surface area contributed by atoms with Crippen molar-refractivity contribution in [2.24, 2.45) is 0 Å². The van der Waals surface area contributed by atoms with Gasteiger partial charge in [-0.2, -0.15) is 0 Å². The predicted octanol–water partition coefficient (Wildman–Crippen LogP) is 0.813. The van der Waals surface area contributed by atoms with E-state index in [2.05, 4.69) is 0 Å². The molecule has 1 atom stereocenters. The van der Waals surface area contributed by atoms with Crippen molar-refractivity contribution in [3.63, 3.8) is 0 Å². The van der Waals surface area contributed by atoms with E-state index in [1.807, 2.05) is 6.07 Å². The summed E-state index contributed by atoms with van der Waals surface area (Å²) in [6.45, 7) is 0.0350. The molecule has 0 aliphatic rings. The lowest BCUT2D eigenvalue weighted by Crippen LogP contribution is -2.34. The average molecular weight is 305 g/mol. The number of carboxylic acids is 1. The minimum absolute atomic E-state index is 0.00781. The molecule has 7 nitrogen and oxygen atoms in total. The number of hydrogen-bond acceptors (Lipinski definition) is 5. The quantitative estimate of drug-likeness (QED) is 0.767. The van der Waals surface area contributed by atoms with E-state index >= 15 is 0 Å². The highest BCUT2D eigenvalue weighted by molar-refractivity contribution is 5.87. The standard InChI is InChI=1S/C15H15NO6/c1-21-15(20)12-8-7-11(14(18)19)13(17)16(12)22-9-10-5-3-2-4-6-10/h2-8,15,20H,9H2,1H3,(H,18,19). The van der Waals surface area contributed by atoms with E-state index in [4.69, 9.17) is 14.7 Å². The topological polar surface area (TPSA) is 98.0 Å². The molecule has 0 aliphatic heterocycles. The Labute approximate surface area is 125 Å². The number of hydrogen-bond donors (Lipinski definition) is 2. The number of rotatable bonds is 6. The molecule has 0 fully saturated rings. The number of aliphatic hydroxyl groups excluding tert-OH is 1. The van der Waals surface area contributed by atoms with E-state index in [1.165, 1.54) is 13.2 Å². The Balaban J connectivity index is 2.39. The van der Waals surface area contributed by atoms with Crippen LogP contribution in [-0.2, 0) is 11.3 Å². The van der Waals surface area contributed by atoms with E-state index in [0.29, 0.717) is 0 Å². The maximum absolute atomic E-state index is 12.2. The first-order chi connectivity index (χ1) is 10.5. The fourth-order valence-corrected chi connectivity index (χ4v) is 1.85. The van der Waals surface area contributed by atoms with Crippen molar-refractivity contribution in [3.05, 3.63) is 69.6 Å². The summed E-state index contributed by atoms with van der Waals surface area (Å²) >= 11 is 0. The highest BCUT2D eigenvalue weighted by atomic mass is 16.7. The van der Waals surface area contributed by atoms with Crippen molar-refractivity contribution >= 4 is 5.97 Å². The summed E-state index contributed by atoms with van der Waals surface area (Å²) in [6, 6.07) is 11.4. The number of methoxy groups -OCH3 is 1. The molecule has 116 valence electrons. The van der Waals surface area contributed by atoms with Crippen LogP contribution in [0, 0.1) is 0 Å². The number of carbonyl (C=O) groups is 1. The number of aromatic nitrogens is 1. The second kappa shape index (κ2) is 6.88. The first-order valence-corrected chi connectivity index (χ1v) is 6.42. The molecule has 0 saturated heterocycles. The van der Waals surface area contributed by atoms with Crippen molar-refractivity contribution in [3.8, 4) is 0 Å². The molecule has 2 aromatic rings. The van der Waals surface area contributed by atoms with Crippen LogP contribution in [0.5, 0.6) is 0 Å². The summed E-state index contributed by atoms with van der Waals surface area (Å²) in [4.78, 5) is 28.6. The molecule has 0 saturated carbocycles. The summed E-state index contributed by atoms with van der Waals surface area (Å²) in [5.41, 5.74) is -0.543. The van der Waals surface area contributed by atoms with Gasteiger partial charge in [0.15, 0.2) is 6.29 Å². The summed E-state index contributed by atoms with van der Waals surface area (Å²) in [6.07, 6.45) is -1.41. The van der Waals surface area contributed by atoms with Crippen LogP contribution in [0.4, 0.5) is 0 Å². The molecule has 22 heavy (non-hydrogen) atoms. The van der Waals surface area contributed by atoms with Gasteiger partial charge in [0.2, 0.25) is 0 Å². The van der Waals surface area contributed by atoms with Crippen LogP contribution in [0.1, 0.15) is 27.9 Å². The van der Waals surface area contributed by atoms with Crippen molar-refractivity contribution in [2.45, 2.75) is 12.9 Å². The number of nitrogens with zero attached hydrogens (tertiary/aromatic N) is 1. The third-order valence-electron chi connectivity index (χ3n) is 2.98. The first-order valence-electron chi connectivity index (χ1n) is 6.42. The molecule has 0 amide bonds. The lowest BCUT2D eigenvalue weighted by Gasteiger charge is -2.17. The molecule has 2 N–H and O–H groups in total. The zero-order chi connectivity index (χ0) is 16.1. The average Bonchev–Trinajstić information content (AvgIpc) is 2.53. The van der Waals surface area contributed by atoms with Gasteiger partial charge in [-0.3, -0.25) is 4.79 Å². The molecular formula is C15H15NO6. The van der Waals surface area contributed by atoms with E-state index in [9.17, 15) is 14.7 Å². The number of pyridine rings is 1. The second-order valence-electron chi connectivity index (χ2n) is 4.42. The van der Waals surface area contributed by atoms with Gasteiger partial charge in [0.05, 0.1) is 0 Å². The molecule has 1 unspecified atom stereocenters. The summed E-state index contributed by atoms with van der Waals surface area (Å²) in [5.74, 6) is -1.37. The number of benzene rings is 1. The highest BCUT2D eigenvalue weighted by Gasteiger charge is 2.19. The van der Waals surface area contributed by atoms with Gasteiger partial charge < -0.3 is 19.8 Å². The lowest BCUT2D eigenvalue weighted by atomic mass is 10.2. The van der Waals surface area contributed by atoms with Crippen LogP contribution in [0.2, 0.25) is 0 Å². The van der Waals surface area contributed by atoms with E-state index < -0.39 is 23.4 Å². The van der Waals surface area contributed by atoms with Crippen molar-refractivity contribution < 1.29 is 24.6 Å². The monoisotopic (exact) mass is 305 g/mol. The van der Waals surface area contributed by atoms with Crippen LogP contribution in [0.15, 0.2) is 47.3 Å². The summed E-state index contributed by atoms with van der Waals surface area (Å²) < 4.78 is 5.49. The second-order valence-corrected chi connectivity index (χ2v) is 4.42. The molecule has 1 aromatic heterocycles. The normalized spacial score (nSPS) is 11.9. The van der Waals surface area contributed by atoms with Crippen molar-refractivity contribution in [1.29, 1.82) is 0 Å². The van der Waals surface area contributed by atoms with E-state index in [0.717, 1.165) is 16.4 Å². The van der Waals surface area contributed by atoms with Crippen LogP contribution < -0.4 is 10.4 Å². The molecule has 1 aromatic carbocycles. The fraction of sp³-hybridized carbons (Fsp3) is 0.200. The third kappa shape index (κ3) is 3.33. The van der Waals surface area contributed by atoms with E-state index in [1.54, 1.807) is 24.3 Å². The zero-order valence-electron chi connectivity index (χ0n) is 11.8. The maximum atomic E-state index is 12.2. The molecule has 0 aliphatic carbocycles.